The third-order valence-corrected chi connectivity index (χ3v) is 5.17. The molecule has 29 heavy (non-hydrogen) atoms. The molecule has 4 rings (SSSR count). The van der Waals surface area contributed by atoms with Gasteiger partial charge in [0.2, 0.25) is 0 Å². The van der Waals surface area contributed by atoms with Gasteiger partial charge in [-0.15, -0.1) is 0 Å². The zero-order valence-electron chi connectivity index (χ0n) is 16.3. The molecule has 0 spiro atoms. The molecule has 1 aliphatic carbocycles. The number of aryl methyl sites for hydroxylation is 1. The molecule has 0 aliphatic heterocycles. The molecule has 0 fully saturated rings. The van der Waals surface area contributed by atoms with E-state index in [1.54, 1.807) is 31.2 Å². The van der Waals surface area contributed by atoms with Gasteiger partial charge < -0.3 is 5.11 Å². The van der Waals surface area contributed by atoms with Crippen molar-refractivity contribution in [3.63, 3.8) is 0 Å². The second-order valence-corrected chi connectivity index (χ2v) is 7.27. The molecule has 0 bridgehead atoms. The summed E-state index contributed by atoms with van der Waals surface area (Å²) in [5.74, 6) is -1.01. The molecule has 0 heterocycles. The number of carbonyl (C=O) groups is 2. The first-order chi connectivity index (χ1) is 13.9. The molecule has 0 saturated heterocycles. The van der Waals surface area contributed by atoms with Gasteiger partial charge >= 0.3 is 5.97 Å². The summed E-state index contributed by atoms with van der Waals surface area (Å²) in [5.41, 5.74) is 5.21. The number of hydrogen-bond acceptors (Lipinski definition) is 2. The van der Waals surface area contributed by atoms with E-state index in [2.05, 4.69) is 37.3 Å². The molecule has 0 radical (unpaired) electrons. The Hall–Kier alpha value is -3.72. The number of ketones is 1. The Kier molecular flexibility index (Phi) is 4.73. The van der Waals surface area contributed by atoms with Gasteiger partial charge in [0.1, 0.15) is 0 Å². The highest BCUT2D eigenvalue weighted by Crippen LogP contribution is 2.34. The van der Waals surface area contributed by atoms with E-state index in [0.717, 1.165) is 27.5 Å². The van der Waals surface area contributed by atoms with Crippen molar-refractivity contribution in [3.05, 3.63) is 112 Å². The standard InChI is InChI=1S/C26H20O3/c1-16-7-8-19-15-21(10-9-18(19)13-16)25(20-11-12-24(27)17(2)14-20)22-5-3-4-6-23(22)26(28)29/h3-15H,1-2H3,(H,28,29). The maximum atomic E-state index is 11.9. The van der Waals surface area contributed by atoms with E-state index in [9.17, 15) is 14.7 Å². The zero-order valence-corrected chi connectivity index (χ0v) is 16.3. The number of fused-ring (bicyclic) bond motifs is 1. The fourth-order valence-electron chi connectivity index (χ4n) is 3.69. The highest BCUT2D eigenvalue weighted by molar-refractivity contribution is 6.08. The summed E-state index contributed by atoms with van der Waals surface area (Å²) in [5, 5.41) is 12.0. The van der Waals surface area contributed by atoms with Gasteiger partial charge in [-0.3, -0.25) is 4.79 Å². The van der Waals surface area contributed by atoms with E-state index >= 15 is 0 Å². The lowest BCUT2D eigenvalue weighted by atomic mass is 9.86. The SMILES string of the molecule is CC1=CC(=C(c2ccc3cc(C)ccc3c2)c2ccccc2C(=O)O)C=CC1=O. The number of carbonyl (C=O) groups excluding carboxylic acids is 1. The van der Waals surface area contributed by atoms with Crippen LogP contribution in [-0.4, -0.2) is 16.9 Å². The quantitative estimate of drug-likeness (QED) is 0.631. The van der Waals surface area contributed by atoms with Crippen LogP contribution in [-0.2, 0) is 4.79 Å². The molecule has 3 heteroatoms. The van der Waals surface area contributed by atoms with Crippen molar-refractivity contribution < 1.29 is 14.7 Å². The molecule has 0 saturated carbocycles. The lowest BCUT2D eigenvalue weighted by Gasteiger charge is -2.17. The summed E-state index contributed by atoms with van der Waals surface area (Å²) in [6.45, 7) is 3.83. The highest BCUT2D eigenvalue weighted by Gasteiger charge is 2.19. The minimum absolute atomic E-state index is 0.0337. The first-order valence-electron chi connectivity index (χ1n) is 9.42. The van der Waals surface area contributed by atoms with Gasteiger partial charge in [-0.1, -0.05) is 60.2 Å². The molecule has 0 amide bonds. The van der Waals surface area contributed by atoms with Gasteiger partial charge in [-0.05, 0) is 76.8 Å². The second kappa shape index (κ2) is 7.36. The average Bonchev–Trinajstić information content (AvgIpc) is 2.71. The smallest absolute Gasteiger partial charge is 0.336 e. The Morgan fingerprint density at radius 3 is 2.24 bits per heavy atom. The monoisotopic (exact) mass is 380 g/mol. The average molecular weight is 380 g/mol. The van der Waals surface area contributed by atoms with E-state index in [-0.39, 0.29) is 11.3 Å². The third kappa shape index (κ3) is 3.55. The number of rotatable bonds is 3. The van der Waals surface area contributed by atoms with Crippen molar-refractivity contribution in [2.24, 2.45) is 0 Å². The first kappa shape index (κ1) is 18.6. The van der Waals surface area contributed by atoms with E-state index in [4.69, 9.17) is 0 Å². The maximum Gasteiger partial charge on any atom is 0.336 e. The molecule has 3 aromatic carbocycles. The Morgan fingerprint density at radius 2 is 1.52 bits per heavy atom. The van der Waals surface area contributed by atoms with Gasteiger partial charge in [0.05, 0.1) is 5.56 Å². The molecular formula is C26H20O3. The van der Waals surface area contributed by atoms with Crippen LogP contribution >= 0.6 is 0 Å². The molecule has 0 atom stereocenters. The molecule has 3 aromatic rings. The normalized spacial score (nSPS) is 15.4. The molecular weight excluding hydrogens is 360 g/mol. The molecule has 3 nitrogen and oxygen atoms in total. The third-order valence-electron chi connectivity index (χ3n) is 5.17. The van der Waals surface area contributed by atoms with Crippen LogP contribution in [0.1, 0.15) is 34.0 Å². The Bertz CT molecular complexity index is 1260. The van der Waals surface area contributed by atoms with E-state index < -0.39 is 5.97 Å². The lowest BCUT2D eigenvalue weighted by molar-refractivity contribution is -0.111. The topological polar surface area (TPSA) is 54.4 Å². The molecule has 0 unspecified atom stereocenters. The Morgan fingerprint density at radius 1 is 0.828 bits per heavy atom. The predicted octanol–water partition coefficient (Wildman–Crippen LogP) is 5.73. The van der Waals surface area contributed by atoms with Crippen LogP contribution in [0.15, 0.2) is 90.0 Å². The van der Waals surface area contributed by atoms with Crippen molar-refractivity contribution in [1.82, 2.24) is 0 Å². The number of hydrogen-bond donors (Lipinski definition) is 1. The van der Waals surface area contributed by atoms with Gasteiger partial charge in [0.25, 0.3) is 0 Å². The highest BCUT2D eigenvalue weighted by atomic mass is 16.4. The Balaban J connectivity index is 2.03. The van der Waals surface area contributed by atoms with Crippen LogP contribution < -0.4 is 0 Å². The van der Waals surface area contributed by atoms with Crippen molar-refractivity contribution in [1.29, 1.82) is 0 Å². The lowest BCUT2D eigenvalue weighted by Crippen LogP contribution is -2.06. The van der Waals surface area contributed by atoms with Crippen molar-refractivity contribution in [2.45, 2.75) is 13.8 Å². The maximum absolute atomic E-state index is 11.9. The summed E-state index contributed by atoms with van der Waals surface area (Å²) in [7, 11) is 0. The predicted molar refractivity (Wildman–Crippen MR) is 116 cm³/mol. The molecule has 142 valence electrons. The van der Waals surface area contributed by atoms with E-state index in [0.29, 0.717) is 11.1 Å². The second-order valence-electron chi connectivity index (χ2n) is 7.27. The summed E-state index contributed by atoms with van der Waals surface area (Å²) in [6, 6.07) is 19.4. The van der Waals surface area contributed by atoms with Gasteiger partial charge in [-0.2, -0.15) is 0 Å². The Labute approximate surface area is 169 Å². The number of aromatic carboxylic acids is 1. The molecule has 1 N–H and O–H groups in total. The summed E-state index contributed by atoms with van der Waals surface area (Å²) < 4.78 is 0. The number of allylic oxidation sites excluding steroid dienone is 5. The van der Waals surface area contributed by atoms with Crippen LogP contribution in [0.3, 0.4) is 0 Å². The fraction of sp³-hybridized carbons (Fsp3) is 0.0769. The van der Waals surface area contributed by atoms with Gasteiger partial charge in [0.15, 0.2) is 5.78 Å². The fourth-order valence-corrected chi connectivity index (χ4v) is 3.69. The van der Waals surface area contributed by atoms with Crippen molar-refractivity contribution in [3.8, 4) is 0 Å². The summed E-state index contributed by atoms with van der Waals surface area (Å²) in [4.78, 5) is 23.8. The van der Waals surface area contributed by atoms with E-state index in [1.807, 2.05) is 24.3 Å². The van der Waals surface area contributed by atoms with Crippen LogP contribution in [0.5, 0.6) is 0 Å². The van der Waals surface area contributed by atoms with Crippen molar-refractivity contribution >= 4 is 28.1 Å². The van der Waals surface area contributed by atoms with Crippen molar-refractivity contribution in [2.75, 3.05) is 0 Å². The van der Waals surface area contributed by atoms with E-state index in [1.165, 1.54) is 5.56 Å². The minimum atomic E-state index is -0.980. The van der Waals surface area contributed by atoms with Gasteiger partial charge in [0, 0.05) is 0 Å². The minimum Gasteiger partial charge on any atom is -0.478 e. The first-order valence-corrected chi connectivity index (χ1v) is 9.42. The molecule has 1 aliphatic rings. The van der Waals surface area contributed by atoms with Gasteiger partial charge in [-0.25, -0.2) is 4.79 Å². The molecule has 0 aromatic heterocycles. The van der Waals surface area contributed by atoms with Crippen LogP contribution in [0.4, 0.5) is 0 Å². The zero-order chi connectivity index (χ0) is 20.5. The number of benzene rings is 3. The summed E-state index contributed by atoms with van der Waals surface area (Å²) >= 11 is 0. The van der Waals surface area contributed by atoms with Crippen LogP contribution in [0.2, 0.25) is 0 Å². The number of carboxylic acids is 1. The van der Waals surface area contributed by atoms with Crippen LogP contribution in [0.25, 0.3) is 16.3 Å². The summed E-state index contributed by atoms with van der Waals surface area (Å²) in [6.07, 6.45) is 5.14. The van der Waals surface area contributed by atoms with Crippen LogP contribution in [0, 0.1) is 6.92 Å². The number of carboxylic acid groups (broad SMARTS) is 1. The largest absolute Gasteiger partial charge is 0.478 e.